The van der Waals surface area contributed by atoms with Crippen LogP contribution in [0.4, 0.5) is 5.69 Å². The Kier molecular flexibility index (Phi) is 2.76. The number of anilines is 1. The van der Waals surface area contributed by atoms with E-state index in [-0.39, 0.29) is 0 Å². The molecule has 2 aromatic carbocycles. The summed E-state index contributed by atoms with van der Waals surface area (Å²) in [5.41, 5.74) is 9.38. The number of benzene rings is 2. The number of nitrogens with two attached hydrogens (primary N) is 1. The lowest BCUT2D eigenvalue weighted by molar-refractivity contribution is 0.432. The van der Waals surface area contributed by atoms with Crippen LogP contribution in [0.1, 0.15) is 5.56 Å². The molecule has 4 nitrogen and oxygen atoms in total. The molecule has 4 heteroatoms. The van der Waals surface area contributed by atoms with Crippen molar-refractivity contribution in [3.63, 3.8) is 0 Å². The predicted octanol–water partition coefficient (Wildman–Crippen LogP) is 3.29. The van der Waals surface area contributed by atoms with Gasteiger partial charge in [-0.25, -0.2) is 0 Å². The summed E-state index contributed by atoms with van der Waals surface area (Å²) in [6.07, 6.45) is 0. The van der Waals surface area contributed by atoms with Gasteiger partial charge < -0.3 is 10.3 Å². The normalized spacial score (nSPS) is 10.6. The van der Waals surface area contributed by atoms with Gasteiger partial charge in [-0.2, -0.15) is 4.98 Å². The van der Waals surface area contributed by atoms with Gasteiger partial charge in [-0.15, -0.1) is 0 Å². The fraction of sp³-hybridized carbons (Fsp3) is 0.0667. The summed E-state index contributed by atoms with van der Waals surface area (Å²) in [6, 6.07) is 15.4. The fourth-order valence-corrected chi connectivity index (χ4v) is 1.93. The van der Waals surface area contributed by atoms with Gasteiger partial charge in [-0.1, -0.05) is 35.0 Å². The molecule has 0 amide bonds. The molecule has 94 valence electrons. The highest BCUT2D eigenvalue weighted by Crippen LogP contribution is 2.26. The topological polar surface area (TPSA) is 64.9 Å². The van der Waals surface area contributed by atoms with Crippen molar-refractivity contribution < 1.29 is 4.52 Å². The fourth-order valence-electron chi connectivity index (χ4n) is 1.93. The van der Waals surface area contributed by atoms with Crippen molar-refractivity contribution in [3.05, 3.63) is 54.1 Å². The smallest absolute Gasteiger partial charge is 0.258 e. The van der Waals surface area contributed by atoms with Crippen molar-refractivity contribution in [1.82, 2.24) is 10.1 Å². The zero-order chi connectivity index (χ0) is 13.2. The van der Waals surface area contributed by atoms with Crippen molar-refractivity contribution in [2.24, 2.45) is 0 Å². The Balaban J connectivity index is 2.03. The first-order valence-electron chi connectivity index (χ1n) is 5.99. The molecule has 0 aliphatic carbocycles. The van der Waals surface area contributed by atoms with Gasteiger partial charge in [0.15, 0.2) is 0 Å². The largest absolute Gasteiger partial charge is 0.398 e. The van der Waals surface area contributed by atoms with Crippen molar-refractivity contribution in [1.29, 1.82) is 0 Å². The third-order valence-corrected chi connectivity index (χ3v) is 2.89. The highest BCUT2D eigenvalue weighted by Gasteiger charge is 2.12. The molecule has 0 aliphatic heterocycles. The molecule has 1 heterocycles. The van der Waals surface area contributed by atoms with E-state index in [1.165, 1.54) is 0 Å². The minimum atomic E-state index is 0.502. The Morgan fingerprint density at radius 1 is 1.05 bits per heavy atom. The van der Waals surface area contributed by atoms with Crippen LogP contribution in [0.3, 0.4) is 0 Å². The second-order valence-electron chi connectivity index (χ2n) is 4.38. The lowest BCUT2D eigenvalue weighted by Crippen LogP contribution is -1.90. The van der Waals surface area contributed by atoms with Gasteiger partial charge in [-0.05, 0) is 31.2 Å². The maximum atomic E-state index is 5.90. The van der Waals surface area contributed by atoms with E-state index in [2.05, 4.69) is 10.1 Å². The van der Waals surface area contributed by atoms with Crippen LogP contribution in [0.2, 0.25) is 0 Å². The minimum Gasteiger partial charge on any atom is -0.398 e. The summed E-state index contributed by atoms with van der Waals surface area (Å²) in [7, 11) is 0. The van der Waals surface area contributed by atoms with Crippen LogP contribution >= 0.6 is 0 Å². The van der Waals surface area contributed by atoms with Crippen molar-refractivity contribution >= 4 is 5.69 Å². The standard InChI is InChI=1S/C15H13N3O/c1-10-5-4-6-11(9-10)15-17-14(18-19-15)12-7-2-3-8-13(12)16/h2-9H,16H2,1H3. The van der Waals surface area contributed by atoms with E-state index in [0.717, 1.165) is 16.7 Å². The van der Waals surface area contributed by atoms with Crippen LogP contribution in [0, 0.1) is 6.92 Å². The number of nitrogens with zero attached hydrogens (tertiary/aromatic N) is 2. The Morgan fingerprint density at radius 3 is 2.68 bits per heavy atom. The van der Waals surface area contributed by atoms with Gasteiger partial charge >= 0.3 is 0 Å². The van der Waals surface area contributed by atoms with Crippen molar-refractivity contribution in [2.45, 2.75) is 6.92 Å². The Hall–Kier alpha value is -2.62. The quantitative estimate of drug-likeness (QED) is 0.710. The summed E-state index contributed by atoms with van der Waals surface area (Å²) in [5, 5.41) is 3.99. The van der Waals surface area contributed by atoms with Gasteiger partial charge in [0, 0.05) is 16.8 Å². The molecule has 2 N–H and O–H groups in total. The third kappa shape index (κ3) is 2.20. The molecule has 0 spiro atoms. The molecule has 1 aromatic heterocycles. The summed E-state index contributed by atoms with van der Waals surface area (Å²) >= 11 is 0. The second-order valence-corrected chi connectivity index (χ2v) is 4.38. The Labute approximate surface area is 110 Å². The molecule has 0 aliphatic rings. The third-order valence-electron chi connectivity index (χ3n) is 2.89. The molecule has 0 radical (unpaired) electrons. The highest BCUT2D eigenvalue weighted by molar-refractivity contribution is 5.72. The zero-order valence-corrected chi connectivity index (χ0v) is 10.5. The number of hydrogen-bond acceptors (Lipinski definition) is 4. The lowest BCUT2D eigenvalue weighted by Gasteiger charge is -1.98. The molecule has 0 bridgehead atoms. The summed E-state index contributed by atoms with van der Waals surface area (Å²) in [4.78, 5) is 4.39. The van der Waals surface area contributed by atoms with E-state index >= 15 is 0 Å². The van der Waals surface area contributed by atoms with Gasteiger partial charge in [0.05, 0.1) is 0 Å². The number of aryl methyl sites for hydroxylation is 1. The maximum Gasteiger partial charge on any atom is 0.258 e. The number of aromatic nitrogens is 2. The molecule has 0 atom stereocenters. The molecule has 3 rings (SSSR count). The maximum absolute atomic E-state index is 5.90. The monoisotopic (exact) mass is 251 g/mol. The van der Waals surface area contributed by atoms with E-state index in [1.807, 2.05) is 55.5 Å². The molecular formula is C15H13N3O. The number of hydrogen-bond donors (Lipinski definition) is 1. The van der Waals surface area contributed by atoms with Crippen LogP contribution in [-0.4, -0.2) is 10.1 Å². The van der Waals surface area contributed by atoms with Gasteiger partial charge in [-0.3, -0.25) is 0 Å². The first-order valence-corrected chi connectivity index (χ1v) is 5.99. The molecule has 3 aromatic rings. The average molecular weight is 251 g/mol. The van der Waals surface area contributed by atoms with Crippen molar-refractivity contribution in [3.8, 4) is 22.8 Å². The number of rotatable bonds is 2. The number of para-hydroxylation sites is 1. The average Bonchev–Trinajstić information content (AvgIpc) is 2.89. The van der Waals surface area contributed by atoms with Crippen LogP contribution in [-0.2, 0) is 0 Å². The van der Waals surface area contributed by atoms with Crippen LogP contribution in [0.5, 0.6) is 0 Å². The minimum absolute atomic E-state index is 0.502. The molecule has 19 heavy (non-hydrogen) atoms. The van der Waals surface area contributed by atoms with E-state index in [1.54, 1.807) is 0 Å². The van der Waals surface area contributed by atoms with Crippen molar-refractivity contribution in [2.75, 3.05) is 5.73 Å². The van der Waals surface area contributed by atoms with Crippen LogP contribution in [0.15, 0.2) is 53.1 Å². The second kappa shape index (κ2) is 4.57. The SMILES string of the molecule is Cc1cccc(-c2nc(-c3ccccc3N)no2)c1. The van der Waals surface area contributed by atoms with Gasteiger partial charge in [0.2, 0.25) is 5.82 Å². The highest BCUT2D eigenvalue weighted by atomic mass is 16.5. The predicted molar refractivity (Wildman–Crippen MR) is 74.3 cm³/mol. The van der Waals surface area contributed by atoms with E-state index in [0.29, 0.717) is 17.4 Å². The molecular weight excluding hydrogens is 238 g/mol. The molecule has 0 saturated carbocycles. The van der Waals surface area contributed by atoms with Gasteiger partial charge in [0.1, 0.15) is 0 Å². The van der Waals surface area contributed by atoms with Gasteiger partial charge in [0.25, 0.3) is 5.89 Å². The zero-order valence-electron chi connectivity index (χ0n) is 10.5. The van der Waals surface area contributed by atoms with Crippen LogP contribution < -0.4 is 5.73 Å². The van der Waals surface area contributed by atoms with Crippen LogP contribution in [0.25, 0.3) is 22.8 Å². The van der Waals surface area contributed by atoms with E-state index in [9.17, 15) is 0 Å². The summed E-state index contributed by atoms with van der Waals surface area (Å²) in [5.74, 6) is 1.01. The summed E-state index contributed by atoms with van der Waals surface area (Å²) < 4.78 is 5.30. The lowest BCUT2D eigenvalue weighted by atomic mass is 10.1. The number of nitrogen functional groups attached to an aromatic ring is 1. The van der Waals surface area contributed by atoms with E-state index in [4.69, 9.17) is 10.3 Å². The molecule has 0 unspecified atom stereocenters. The van der Waals surface area contributed by atoms with E-state index < -0.39 is 0 Å². The summed E-state index contributed by atoms with van der Waals surface area (Å²) in [6.45, 7) is 2.02. The Bertz CT molecular complexity index is 719. The molecule has 0 saturated heterocycles. The molecule has 0 fully saturated rings. The Morgan fingerprint density at radius 2 is 1.89 bits per heavy atom. The first kappa shape index (κ1) is 11.5. The first-order chi connectivity index (χ1) is 9.24.